The van der Waals surface area contributed by atoms with Gasteiger partial charge in [-0.2, -0.15) is 18.3 Å². The molecule has 0 radical (unpaired) electrons. The van der Waals surface area contributed by atoms with Gasteiger partial charge in [0.1, 0.15) is 0 Å². The molecule has 1 fully saturated rings. The minimum atomic E-state index is -4.45. The quantitative estimate of drug-likeness (QED) is 0.659. The van der Waals surface area contributed by atoms with Crippen LogP contribution in [-0.4, -0.2) is 19.3 Å². The van der Waals surface area contributed by atoms with Gasteiger partial charge in [0, 0.05) is 24.7 Å². The Morgan fingerprint density at radius 2 is 1.96 bits per heavy atom. The molecule has 0 atom stereocenters. The Kier molecular flexibility index (Phi) is 4.41. The van der Waals surface area contributed by atoms with Gasteiger partial charge in [0.15, 0.2) is 10.5 Å². The molecule has 0 amide bonds. The molecule has 0 bridgehead atoms. The number of aromatic amines is 1. The first kappa shape index (κ1) is 18.0. The van der Waals surface area contributed by atoms with Crippen molar-refractivity contribution in [1.29, 1.82) is 0 Å². The van der Waals surface area contributed by atoms with Crippen molar-refractivity contribution in [3.05, 3.63) is 56.8 Å². The fourth-order valence-corrected chi connectivity index (χ4v) is 3.52. The van der Waals surface area contributed by atoms with Crippen molar-refractivity contribution in [2.75, 3.05) is 0 Å². The number of halogens is 3. The Balaban J connectivity index is 1.56. The van der Waals surface area contributed by atoms with Crippen LogP contribution in [0.5, 0.6) is 0 Å². The van der Waals surface area contributed by atoms with Crippen molar-refractivity contribution in [2.24, 2.45) is 0 Å². The van der Waals surface area contributed by atoms with E-state index in [0.717, 1.165) is 18.9 Å². The Morgan fingerprint density at radius 1 is 1.22 bits per heavy atom. The molecular weight excluding hydrogens is 377 g/mol. The van der Waals surface area contributed by atoms with Crippen molar-refractivity contribution in [2.45, 2.75) is 44.4 Å². The Morgan fingerprint density at radius 3 is 2.67 bits per heavy atom. The monoisotopic (exact) mass is 394 g/mol. The van der Waals surface area contributed by atoms with E-state index >= 15 is 0 Å². The average Bonchev–Trinajstić information content (AvgIpc) is 3.36. The number of rotatable bonds is 5. The van der Waals surface area contributed by atoms with E-state index in [1.807, 2.05) is 6.07 Å². The third-order valence-corrected chi connectivity index (χ3v) is 5.06. The Labute approximate surface area is 157 Å². The summed E-state index contributed by atoms with van der Waals surface area (Å²) in [5, 5.41) is 4.27. The standard InChI is InChI=1S/C18H17F3N4OS/c19-18(20,21)15-10-14(11-6-7-11)25(23-15)9-3-8-24-16(26)12-4-1-2-5-13(12)22-17(24)27/h1-2,4-5,10-11H,3,6-9H2,(H,22,27). The number of hydrogen-bond acceptors (Lipinski definition) is 3. The minimum Gasteiger partial charge on any atom is -0.332 e. The number of hydrogen-bond donors (Lipinski definition) is 1. The summed E-state index contributed by atoms with van der Waals surface area (Å²) in [6.45, 7) is 0.611. The molecule has 5 nitrogen and oxygen atoms in total. The fraction of sp³-hybridized carbons (Fsp3) is 0.389. The number of aryl methyl sites for hydroxylation is 1. The molecule has 0 unspecified atom stereocenters. The highest BCUT2D eigenvalue weighted by atomic mass is 32.1. The Hall–Kier alpha value is -2.42. The highest BCUT2D eigenvalue weighted by Gasteiger charge is 2.37. The number of benzene rings is 1. The molecule has 1 aromatic carbocycles. The van der Waals surface area contributed by atoms with E-state index < -0.39 is 11.9 Å². The van der Waals surface area contributed by atoms with Gasteiger partial charge < -0.3 is 4.98 Å². The predicted octanol–water partition coefficient (Wildman–Crippen LogP) is 4.24. The molecule has 0 saturated heterocycles. The molecule has 1 aliphatic rings. The molecule has 0 spiro atoms. The summed E-state index contributed by atoms with van der Waals surface area (Å²) in [5.41, 5.74) is 0.234. The molecule has 3 aromatic rings. The SMILES string of the molecule is O=c1c2ccccc2[nH]c(=S)n1CCCn1nc(C(F)(F)F)cc1C1CC1. The number of aromatic nitrogens is 4. The summed E-state index contributed by atoms with van der Waals surface area (Å²) in [5.74, 6) is 0.153. The summed E-state index contributed by atoms with van der Waals surface area (Å²) < 4.78 is 42.1. The summed E-state index contributed by atoms with van der Waals surface area (Å²) in [7, 11) is 0. The van der Waals surface area contributed by atoms with Gasteiger partial charge in [0.2, 0.25) is 0 Å². The van der Waals surface area contributed by atoms with E-state index in [-0.39, 0.29) is 11.5 Å². The number of nitrogens with zero attached hydrogens (tertiary/aromatic N) is 3. The van der Waals surface area contributed by atoms with Crippen LogP contribution in [0.15, 0.2) is 35.1 Å². The van der Waals surface area contributed by atoms with Gasteiger partial charge >= 0.3 is 6.18 Å². The van der Waals surface area contributed by atoms with Crippen LogP contribution in [0.1, 0.15) is 36.6 Å². The predicted molar refractivity (Wildman–Crippen MR) is 97.2 cm³/mol. The van der Waals surface area contributed by atoms with Gasteiger partial charge in [-0.05, 0) is 49.7 Å². The largest absolute Gasteiger partial charge is 0.435 e. The molecule has 27 heavy (non-hydrogen) atoms. The van der Waals surface area contributed by atoms with Crippen LogP contribution in [-0.2, 0) is 19.3 Å². The zero-order chi connectivity index (χ0) is 19.2. The average molecular weight is 394 g/mol. The van der Waals surface area contributed by atoms with E-state index in [0.29, 0.717) is 40.9 Å². The zero-order valence-corrected chi connectivity index (χ0v) is 15.1. The van der Waals surface area contributed by atoms with Crippen LogP contribution in [0.3, 0.4) is 0 Å². The van der Waals surface area contributed by atoms with Crippen molar-refractivity contribution < 1.29 is 13.2 Å². The smallest absolute Gasteiger partial charge is 0.332 e. The second-order valence-electron chi connectivity index (χ2n) is 6.74. The van der Waals surface area contributed by atoms with Crippen molar-refractivity contribution in [3.8, 4) is 0 Å². The van der Waals surface area contributed by atoms with E-state index in [9.17, 15) is 18.0 Å². The van der Waals surface area contributed by atoms with Crippen molar-refractivity contribution in [3.63, 3.8) is 0 Å². The zero-order valence-electron chi connectivity index (χ0n) is 14.3. The lowest BCUT2D eigenvalue weighted by atomic mass is 10.2. The second kappa shape index (κ2) is 6.63. The number of H-pyrrole nitrogens is 1. The van der Waals surface area contributed by atoms with Crippen LogP contribution < -0.4 is 5.56 Å². The lowest BCUT2D eigenvalue weighted by Crippen LogP contribution is -2.23. The second-order valence-corrected chi connectivity index (χ2v) is 7.12. The van der Waals surface area contributed by atoms with E-state index in [1.54, 1.807) is 18.2 Å². The lowest BCUT2D eigenvalue weighted by Gasteiger charge is -2.10. The summed E-state index contributed by atoms with van der Waals surface area (Å²) in [6, 6.07) is 8.23. The minimum absolute atomic E-state index is 0.153. The Bertz CT molecular complexity index is 1110. The van der Waals surface area contributed by atoms with Crippen molar-refractivity contribution >= 4 is 23.1 Å². The van der Waals surface area contributed by atoms with Crippen LogP contribution in [0.25, 0.3) is 10.9 Å². The van der Waals surface area contributed by atoms with Crippen molar-refractivity contribution in [1.82, 2.24) is 19.3 Å². The first-order chi connectivity index (χ1) is 12.8. The van der Waals surface area contributed by atoms with E-state index in [2.05, 4.69) is 10.1 Å². The molecule has 2 heterocycles. The molecule has 0 aliphatic heterocycles. The first-order valence-corrected chi connectivity index (χ1v) is 9.12. The third kappa shape index (κ3) is 3.55. The van der Waals surface area contributed by atoms with Crippen LogP contribution in [0.2, 0.25) is 0 Å². The number of fused-ring (bicyclic) bond motifs is 1. The molecule has 1 N–H and O–H groups in total. The lowest BCUT2D eigenvalue weighted by molar-refractivity contribution is -0.141. The highest BCUT2D eigenvalue weighted by Crippen LogP contribution is 2.42. The molecule has 1 saturated carbocycles. The number of para-hydroxylation sites is 1. The molecule has 2 aromatic heterocycles. The summed E-state index contributed by atoms with van der Waals surface area (Å²) in [4.78, 5) is 15.6. The van der Waals surface area contributed by atoms with Gasteiger partial charge in [-0.3, -0.25) is 14.0 Å². The first-order valence-electron chi connectivity index (χ1n) is 8.71. The van der Waals surface area contributed by atoms with Gasteiger partial charge in [-0.25, -0.2) is 0 Å². The van der Waals surface area contributed by atoms with Crippen LogP contribution >= 0.6 is 12.2 Å². The van der Waals surface area contributed by atoms with Crippen LogP contribution in [0.4, 0.5) is 13.2 Å². The van der Waals surface area contributed by atoms with Gasteiger partial charge in [0.25, 0.3) is 5.56 Å². The molecular formula is C18H17F3N4OS. The van der Waals surface area contributed by atoms with Gasteiger partial charge in [-0.1, -0.05) is 12.1 Å². The van der Waals surface area contributed by atoms with E-state index in [1.165, 1.54) is 9.25 Å². The third-order valence-electron chi connectivity index (χ3n) is 4.74. The van der Waals surface area contributed by atoms with Gasteiger partial charge in [-0.15, -0.1) is 0 Å². The normalized spacial score (nSPS) is 14.8. The molecule has 9 heteroatoms. The number of nitrogens with one attached hydrogen (secondary N) is 1. The van der Waals surface area contributed by atoms with Crippen LogP contribution in [0, 0.1) is 4.77 Å². The maximum absolute atomic E-state index is 13.0. The maximum atomic E-state index is 13.0. The summed E-state index contributed by atoms with van der Waals surface area (Å²) in [6.07, 6.45) is -2.22. The molecule has 4 rings (SSSR count). The summed E-state index contributed by atoms with van der Waals surface area (Å²) >= 11 is 5.26. The van der Waals surface area contributed by atoms with Gasteiger partial charge in [0.05, 0.1) is 10.9 Å². The molecule has 142 valence electrons. The molecule has 1 aliphatic carbocycles. The number of alkyl halides is 3. The maximum Gasteiger partial charge on any atom is 0.435 e. The van der Waals surface area contributed by atoms with E-state index in [4.69, 9.17) is 12.2 Å². The highest BCUT2D eigenvalue weighted by molar-refractivity contribution is 7.71. The fourth-order valence-electron chi connectivity index (χ4n) is 3.24. The topological polar surface area (TPSA) is 55.6 Å².